The molecule has 0 unspecified atom stereocenters. The second-order valence-electron chi connectivity index (χ2n) is 5.91. The van der Waals surface area contributed by atoms with Crippen LogP contribution in [0, 0.1) is 6.92 Å². The lowest BCUT2D eigenvalue weighted by atomic mass is 10.2. The number of anilines is 1. The number of fused-ring (bicyclic) bond motifs is 1. The Balaban J connectivity index is 1.65. The van der Waals surface area contributed by atoms with Crippen molar-refractivity contribution in [2.75, 3.05) is 18.5 Å². The van der Waals surface area contributed by atoms with Crippen LogP contribution in [0.25, 0.3) is 10.2 Å². The van der Waals surface area contributed by atoms with Gasteiger partial charge in [-0.05, 0) is 31.7 Å². The molecule has 1 aliphatic heterocycles. The summed E-state index contributed by atoms with van der Waals surface area (Å²) in [4.78, 5) is 22.8. The van der Waals surface area contributed by atoms with Crippen molar-refractivity contribution in [2.24, 2.45) is 0 Å². The topological polar surface area (TPSA) is 76.1 Å². The van der Waals surface area contributed by atoms with Crippen LogP contribution in [0.15, 0.2) is 6.33 Å². The Morgan fingerprint density at radius 3 is 2.91 bits per heavy atom. The number of aromatic nitrogens is 2. The molecule has 0 spiro atoms. The normalized spacial score (nSPS) is 21.2. The standard InChI is InChI=1S/C15H18N4O2S/c1-8-11-13(18-9-2-3-9)16-7-17-15(11)22-12(8)14(20)19-10-4-5-21-6-10/h7,9-10H,2-6H2,1H3,(H,19,20)(H,16,17,18)/t10-/m1/s1. The fraction of sp³-hybridized carbons (Fsp3) is 0.533. The quantitative estimate of drug-likeness (QED) is 0.903. The number of nitrogens with zero attached hydrogens (tertiary/aromatic N) is 2. The number of hydrogen-bond donors (Lipinski definition) is 2. The van der Waals surface area contributed by atoms with Crippen molar-refractivity contribution in [3.63, 3.8) is 0 Å². The number of nitrogens with one attached hydrogen (secondary N) is 2. The van der Waals surface area contributed by atoms with Crippen molar-refractivity contribution in [3.05, 3.63) is 16.8 Å². The Kier molecular flexibility index (Phi) is 3.46. The fourth-order valence-corrected chi connectivity index (χ4v) is 3.77. The van der Waals surface area contributed by atoms with Gasteiger partial charge in [-0.2, -0.15) is 0 Å². The van der Waals surface area contributed by atoms with Gasteiger partial charge in [0, 0.05) is 12.6 Å². The van der Waals surface area contributed by atoms with E-state index in [1.54, 1.807) is 6.33 Å². The molecule has 6 nitrogen and oxygen atoms in total. The van der Waals surface area contributed by atoms with Crippen LogP contribution in [0.4, 0.5) is 5.82 Å². The molecule has 0 aromatic carbocycles. The Morgan fingerprint density at radius 2 is 2.18 bits per heavy atom. The molecule has 1 aliphatic carbocycles. The van der Waals surface area contributed by atoms with Crippen molar-refractivity contribution in [1.82, 2.24) is 15.3 Å². The van der Waals surface area contributed by atoms with Crippen LogP contribution < -0.4 is 10.6 Å². The number of ether oxygens (including phenoxy) is 1. The first-order chi connectivity index (χ1) is 10.7. The van der Waals surface area contributed by atoms with E-state index in [2.05, 4.69) is 20.6 Å². The maximum Gasteiger partial charge on any atom is 0.262 e. The average Bonchev–Trinajstić information content (AvgIpc) is 3.04. The van der Waals surface area contributed by atoms with Gasteiger partial charge < -0.3 is 15.4 Å². The molecule has 0 bridgehead atoms. The van der Waals surface area contributed by atoms with Crippen LogP contribution in [0.5, 0.6) is 0 Å². The van der Waals surface area contributed by atoms with E-state index in [-0.39, 0.29) is 11.9 Å². The van der Waals surface area contributed by atoms with Crippen molar-refractivity contribution >= 4 is 33.3 Å². The molecular weight excluding hydrogens is 300 g/mol. The summed E-state index contributed by atoms with van der Waals surface area (Å²) >= 11 is 1.43. The predicted molar refractivity (Wildman–Crippen MR) is 85.5 cm³/mol. The summed E-state index contributed by atoms with van der Waals surface area (Å²) < 4.78 is 5.31. The third-order valence-electron chi connectivity index (χ3n) is 4.12. The molecule has 2 aromatic rings. The lowest BCUT2D eigenvalue weighted by Gasteiger charge is -2.10. The lowest BCUT2D eigenvalue weighted by molar-refractivity contribution is 0.0933. The van der Waals surface area contributed by atoms with Gasteiger partial charge in [0.05, 0.1) is 22.9 Å². The lowest BCUT2D eigenvalue weighted by Crippen LogP contribution is -2.34. The molecular formula is C15H18N4O2S. The number of aryl methyl sites for hydroxylation is 1. The van der Waals surface area contributed by atoms with Crippen molar-refractivity contribution in [2.45, 2.75) is 38.3 Å². The van der Waals surface area contributed by atoms with E-state index in [0.717, 1.165) is 39.5 Å². The minimum atomic E-state index is -0.0339. The molecule has 0 radical (unpaired) electrons. The SMILES string of the molecule is Cc1c(C(=O)N[C@@H]2CCOC2)sc2ncnc(NC3CC3)c12. The zero-order valence-electron chi connectivity index (χ0n) is 12.4. The van der Waals surface area contributed by atoms with E-state index < -0.39 is 0 Å². The zero-order chi connectivity index (χ0) is 15.1. The second-order valence-corrected chi connectivity index (χ2v) is 6.91. The van der Waals surface area contributed by atoms with Crippen LogP contribution in [0.2, 0.25) is 0 Å². The first kappa shape index (κ1) is 13.9. The summed E-state index contributed by atoms with van der Waals surface area (Å²) in [5.41, 5.74) is 0.958. The molecule has 2 fully saturated rings. The number of hydrogen-bond acceptors (Lipinski definition) is 6. The minimum Gasteiger partial charge on any atom is -0.379 e. The number of amides is 1. The highest BCUT2D eigenvalue weighted by molar-refractivity contribution is 7.20. The van der Waals surface area contributed by atoms with E-state index in [1.165, 1.54) is 24.2 Å². The molecule has 1 amide bonds. The Labute approximate surface area is 132 Å². The highest BCUT2D eigenvalue weighted by atomic mass is 32.1. The predicted octanol–water partition coefficient (Wildman–Crippen LogP) is 2.09. The van der Waals surface area contributed by atoms with E-state index in [1.807, 2.05) is 6.92 Å². The number of carbonyl (C=O) groups excluding carboxylic acids is 1. The second kappa shape index (κ2) is 5.48. The molecule has 1 atom stereocenters. The van der Waals surface area contributed by atoms with E-state index >= 15 is 0 Å². The largest absolute Gasteiger partial charge is 0.379 e. The Morgan fingerprint density at radius 1 is 1.32 bits per heavy atom. The summed E-state index contributed by atoms with van der Waals surface area (Å²) in [7, 11) is 0. The molecule has 116 valence electrons. The van der Waals surface area contributed by atoms with Crippen LogP contribution in [-0.2, 0) is 4.74 Å². The minimum absolute atomic E-state index is 0.0339. The highest BCUT2D eigenvalue weighted by Crippen LogP contribution is 2.35. The van der Waals surface area contributed by atoms with Gasteiger partial charge in [-0.25, -0.2) is 9.97 Å². The third kappa shape index (κ3) is 2.55. The van der Waals surface area contributed by atoms with Crippen molar-refractivity contribution < 1.29 is 9.53 Å². The van der Waals surface area contributed by atoms with Crippen molar-refractivity contribution in [1.29, 1.82) is 0 Å². The number of carbonyl (C=O) groups is 1. The maximum atomic E-state index is 12.5. The smallest absolute Gasteiger partial charge is 0.262 e. The van der Waals surface area contributed by atoms with Gasteiger partial charge in [-0.3, -0.25) is 4.79 Å². The summed E-state index contributed by atoms with van der Waals surface area (Å²) in [5.74, 6) is 0.817. The van der Waals surface area contributed by atoms with Gasteiger partial charge in [0.25, 0.3) is 5.91 Å². The average molecular weight is 318 g/mol. The number of rotatable bonds is 4. The van der Waals surface area contributed by atoms with E-state index in [0.29, 0.717) is 12.6 Å². The molecule has 1 saturated carbocycles. The van der Waals surface area contributed by atoms with Gasteiger partial charge in [0.1, 0.15) is 17.0 Å². The molecule has 2 aromatic heterocycles. The van der Waals surface area contributed by atoms with Crippen LogP contribution in [-0.4, -0.2) is 41.2 Å². The maximum absolute atomic E-state index is 12.5. The molecule has 2 N–H and O–H groups in total. The third-order valence-corrected chi connectivity index (χ3v) is 5.31. The summed E-state index contributed by atoms with van der Waals surface area (Å²) in [6.45, 7) is 3.29. The van der Waals surface area contributed by atoms with Gasteiger partial charge in [0.15, 0.2) is 0 Å². The fourth-order valence-electron chi connectivity index (χ4n) is 2.72. The van der Waals surface area contributed by atoms with Crippen LogP contribution in [0.1, 0.15) is 34.5 Å². The van der Waals surface area contributed by atoms with Gasteiger partial charge in [0.2, 0.25) is 0 Å². The first-order valence-corrected chi connectivity index (χ1v) is 8.43. The highest BCUT2D eigenvalue weighted by Gasteiger charge is 2.26. The van der Waals surface area contributed by atoms with Crippen molar-refractivity contribution in [3.8, 4) is 0 Å². The Bertz CT molecular complexity index is 720. The molecule has 7 heteroatoms. The molecule has 4 rings (SSSR count). The monoisotopic (exact) mass is 318 g/mol. The summed E-state index contributed by atoms with van der Waals surface area (Å²) in [6.07, 6.45) is 4.81. The van der Waals surface area contributed by atoms with Crippen LogP contribution in [0.3, 0.4) is 0 Å². The first-order valence-electron chi connectivity index (χ1n) is 7.61. The van der Waals surface area contributed by atoms with E-state index in [4.69, 9.17) is 4.74 Å². The molecule has 22 heavy (non-hydrogen) atoms. The van der Waals surface area contributed by atoms with Crippen LogP contribution >= 0.6 is 11.3 Å². The van der Waals surface area contributed by atoms with Gasteiger partial charge in [-0.15, -0.1) is 11.3 Å². The number of thiophene rings is 1. The molecule has 1 saturated heterocycles. The zero-order valence-corrected chi connectivity index (χ0v) is 13.2. The van der Waals surface area contributed by atoms with Gasteiger partial charge >= 0.3 is 0 Å². The van der Waals surface area contributed by atoms with Gasteiger partial charge in [-0.1, -0.05) is 0 Å². The van der Waals surface area contributed by atoms with E-state index in [9.17, 15) is 4.79 Å². The Hall–Kier alpha value is -1.73. The summed E-state index contributed by atoms with van der Waals surface area (Å²) in [6, 6.07) is 0.637. The molecule has 2 aliphatic rings. The summed E-state index contributed by atoms with van der Waals surface area (Å²) in [5, 5.41) is 7.46. The molecule has 3 heterocycles.